The first-order valence-electron chi connectivity index (χ1n) is 10.4. The fourth-order valence-corrected chi connectivity index (χ4v) is 8.86. The van der Waals surface area contributed by atoms with E-state index >= 15 is 0 Å². The van der Waals surface area contributed by atoms with Gasteiger partial charge in [-0.15, -0.1) is 0 Å². The van der Waals surface area contributed by atoms with Gasteiger partial charge in [-0.05, 0) is 25.7 Å². The van der Waals surface area contributed by atoms with Gasteiger partial charge in [0.05, 0.1) is 19.6 Å². The van der Waals surface area contributed by atoms with Gasteiger partial charge < -0.3 is 22.6 Å². The normalized spacial score (nSPS) is 22.5. The van der Waals surface area contributed by atoms with Gasteiger partial charge in [0.15, 0.2) is 11.7 Å². The second kappa shape index (κ2) is 14.8. The van der Waals surface area contributed by atoms with Crippen molar-refractivity contribution in [1.82, 2.24) is 0 Å². The SMILES string of the molecule is CCCCCCCC[P+]1(CCCCCCCC)C(O)CCC1O.[Cl-]. The molecule has 4 heteroatoms. The third kappa shape index (κ3) is 8.35. The van der Waals surface area contributed by atoms with Gasteiger partial charge in [0.2, 0.25) is 0 Å². The molecule has 2 unspecified atom stereocenters. The van der Waals surface area contributed by atoms with Crippen molar-refractivity contribution in [2.75, 3.05) is 12.3 Å². The summed E-state index contributed by atoms with van der Waals surface area (Å²) in [6.45, 7) is 4.51. The van der Waals surface area contributed by atoms with Crippen molar-refractivity contribution in [3.05, 3.63) is 0 Å². The molecule has 0 radical (unpaired) electrons. The maximum Gasteiger partial charge on any atom is 0.166 e. The fraction of sp³-hybridized carbons (Fsp3) is 1.00. The summed E-state index contributed by atoms with van der Waals surface area (Å²) in [5.74, 6) is -0.326. The van der Waals surface area contributed by atoms with E-state index in [0.29, 0.717) is 0 Å². The minimum absolute atomic E-state index is 0. The molecule has 0 amide bonds. The lowest BCUT2D eigenvalue weighted by Crippen LogP contribution is -3.00. The number of rotatable bonds is 14. The van der Waals surface area contributed by atoms with Crippen molar-refractivity contribution in [2.45, 2.75) is 115 Å². The minimum Gasteiger partial charge on any atom is -1.00 e. The van der Waals surface area contributed by atoms with Crippen LogP contribution in [-0.2, 0) is 0 Å². The molecule has 2 N–H and O–H groups in total. The van der Waals surface area contributed by atoms with Crippen LogP contribution in [0.15, 0.2) is 0 Å². The van der Waals surface area contributed by atoms with Crippen LogP contribution in [-0.4, -0.2) is 34.2 Å². The minimum atomic E-state index is -1.53. The van der Waals surface area contributed by atoms with E-state index in [0.717, 1.165) is 25.2 Å². The van der Waals surface area contributed by atoms with E-state index in [1.807, 2.05) is 0 Å². The summed E-state index contributed by atoms with van der Waals surface area (Å²) in [6.07, 6.45) is 19.7. The largest absolute Gasteiger partial charge is 1.00 e. The van der Waals surface area contributed by atoms with Crippen LogP contribution in [0.1, 0.15) is 104 Å². The molecule has 0 bridgehead atoms. The summed E-state index contributed by atoms with van der Waals surface area (Å²) in [6, 6.07) is 0. The molecule has 1 fully saturated rings. The van der Waals surface area contributed by atoms with Crippen LogP contribution in [0.2, 0.25) is 0 Å². The summed E-state index contributed by atoms with van der Waals surface area (Å²) in [5, 5.41) is 21.2. The first-order valence-corrected chi connectivity index (χ1v) is 12.7. The lowest BCUT2D eigenvalue weighted by atomic mass is 10.1. The van der Waals surface area contributed by atoms with Gasteiger partial charge in [-0.1, -0.05) is 65.2 Å². The molecule has 1 rings (SSSR count). The molecule has 1 saturated heterocycles. The molecule has 0 aromatic heterocycles. The molecule has 24 heavy (non-hydrogen) atoms. The second-order valence-corrected chi connectivity index (χ2v) is 11.9. The molecule has 0 spiro atoms. The molecule has 0 saturated carbocycles. The van der Waals surface area contributed by atoms with Gasteiger partial charge in [0.25, 0.3) is 0 Å². The van der Waals surface area contributed by atoms with Crippen LogP contribution in [0.3, 0.4) is 0 Å². The predicted octanol–water partition coefficient (Wildman–Crippen LogP) is 3.16. The van der Waals surface area contributed by atoms with Gasteiger partial charge in [0.1, 0.15) is 0 Å². The first-order chi connectivity index (χ1) is 11.2. The smallest absolute Gasteiger partial charge is 0.166 e. The van der Waals surface area contributed by atoms with Crippen molar-refractivity contribution in [3.63, 3.8) is 0 Å². The Labute approximate surface area is 157 Å². The number of unbranched alkanes of at least 4 members (excludes halogenated alkanes) is 10. The van der Waals surface area contributed by atoms with E-state index in [4.69, 9.17) is 0 Å². The van der Waals surface area contributed by atoms with Crippen LogP contribution < -0.4 is 12.4 Å². The third-order valence-corrected chi connectivity index (χ3v) is 10.9. The highest BCUT2D eigenvalue weighted by Crippen LogP contribution is 2.72. The van der Waals surface area contributed by atoms with E-state index < -0.39 is 7.26 Å². The van der Waals surface area contributed by atoms with Crippen molar-refractivity contribution < 1.29 is 22.6 Å². The Hall–Kier alpha value is 0.640. The summed E-state index contributed by atoms with van der Waals surface area (Å²) in [7, 11) is -1.53. The molecule has 2 nitrogen and oxygen atoms in total. The van der Waals surface area contributed by atoms with Crippen LogP contribution in [0.25, 0.3) is 0 Å². The number of hydrogen-bond acceptors (Lipinski definition) is 2. The number of aliphatic hydroxyl groups excluding tert-OH is 2. The highest BCUT2D eigenvalue weighted by molar-refractivity contribution is 7.77. The van der Waals surface area contributed by atoms with E-state index in [1.54, 1.807) is 0 Å². The summed E-state index contributed by atoms with van der Waals surface area (Å²) < 4.78 is 0. The number of aliphatic hydroxyl groups is 2. The molecule has 0 aromatic rings. The summed E-state index contributed by atoms with van der Waals surface area (Å²) in [5.41, 5.74) is 0. The lowest BCUT2D eigenvalue weighted by molar-refractivity contribution is -0.00000749. The van der Waals surface area contributed by atoms with E-state index in [1.165, 1.54) is 77.0 Å². The Morgan fingerprint density at radius 2 is 0.958 bits per heavy atom. The molecular formula is C20H42ClO2P. The third-order valence-electron chi connectivity index (χ3n) is 5.73. The molecule has 1 heterocycles. The monoisotopic (exact) mass is 380 g/mol. The zero-order valence-electron chi connectivity index (χ0n) is 16.2. The maximum atomic E-state index is 10.6. The van der Waals surface area contributed by atoms with Crippen molar-refractivity contribution in [1.29, 1.82) is 0 Å². The van der Waals surface area contributed by atoms with Crippen molar-refractivity contribution in [3.8, 4) is 0 Å². The Morgan fingerprint density at radius 3 is 1.33 bits per heavy atom. The average Bonchev–Trinajstić information content (AvgIpc) is 2.82. The predicted molar refractivity (Wildman–Crippen MR) is 105 cm³/mol. The molecular weight excluding hydrogens is 339 g/mol. The zero-order valence-corrected chi connectivity index (χ0v) is 17.8. The molecule has 1 aliphatic heterocycles. The Morgan fingerprint density at radius 1 is 0.625 bits per heavy atom. The highest BCUT2D eigenvalue weighted by atomic mass is 35.5. The van der Waals surface area contributed by atoms with Crippen LogP contribution >= 0.6 is 7.26 Å². The Bertz CT molecular complexity index is 261. The number of halogens is 1. The Kier molecular flexibility index (Phi) is 15.2. The van der Waals surface area contributed by atoms with Gasteiger partial charge >= 0.3 is 0 Å². The molecule has 0 aromatic carbocycles. The zero-order chi connectivity index (χ0) is 17.0. The fourth-order valence-electron chi connectivity index (χ4n) is 4.09. The van der Waals surface area contributed by atoms with Crippen molar-refractivity contribution in [2.24, 2.45) is 0 Å². The van der Waals surface area contributed by atoms with E-state index in [-0.39, 0.29) is 24.1 Å². The average molecular weight is 381 g/mol. The molecule has 1 aliphatic rings. The van der Waals surface area contributed by atoms with E-state index in [9.17, 15) is 10.2 Å². The summed E-state index contributed by atoms with van der Waals surface area (Å²) >= 11 is 0. The molecule has 2 atom stereocenters. The van der Waals surface area contributed by atoms with Gasteiger partial charge in [-0.3, -0.25) is 0 Å². The standard InChI is InChI=1S/C20H42O2P.ClH/c1-3-5-7-9-11-13-17-23(19(21)15-16-20(23)22)18-14-12-10-8-6-4-2;/h19-22H,3-18H2,1-2H3;1H/q+1;/p-1. The Balaban J connectivity index is 0.00000529. The number of hydrogen-bond donors (Lipinski definition) is 2. The van der Waals surface area contributed by atoms with Crippen LogP contribution in [0.5, 0.6) is 0 Å². The van der Waals surface area contributed by atoms with E-state index in [2.05, 4.69) is 13.8 Å². The quantitative estimate of drug-likeness (QED) is 0.359. The van der Waals surface area contributed by atoms with Crippen LogP contribution in [0, 0.1) is 0 Å². The molecule has 146 valence electrons. The van der Waals surface area contributed by atoms with Crippen molar-refractivity contribution >= 4 is 7.26 Å². The van der Waals surface area contributed by atoms with Gasteiger partial charge in [-0.2, -0.15) is 0 Å². The first kappa shape index (κ1) is 24.6. The highest BCUT2D eigenvalue weighted by Gasteiger charge is 2.54. The topological polar surface area (TPSA) is 40.5 Å². The lowest BCUT2D eigenvalue weighted by Gasteiger charge is -2.29. The summed E-state index contributed by atoms with van der Waals surface area (Å²) in [4.78, 5) is 0. The second-order valence-electron chi connectivity index (χ2n) is 7.62. The maximum absolute atomic E-state index is 10.6. The molecule has 0 aliphatic carbocycles. The van der Waals surface area contributed by atoms with Crippen LogP contribution in [0.4, 0.5) is 0 Å². The van der Waals surface area contributed by atoms with Gasteiger partial charge in [0, 0.05) is 12.8 Å². The van der Waals surface area contributed by atoms with Gasteiger partial charge in [-0.25, -0.2) is 0 Å².